The minimum Gasteiger partial charge on any atom is -0.377 e. The molecule has 1 N–H and O–H groups in total. The third-order valence-electron chi connectivity index (χ3n) is 2.74. The van der Waals surface area contributed by atoms with Crippen molar-refractivity contribution in [2.24, 2.45) is 0 Å². The predicted octanol–water partition coefficient (Wildman–Crippen LogP) is 5.55. The zero-order valence-electron chi connectivity index (χ0n) is 10.1. The Morgan fingerprint density at radius 3 is 2.58 bits per heavy atom. The van der Waals surface area contributed by atoms with E-state index in [1.54, 1.807) is 12.1 Å². The Balaban J connectivity index is 2.22. The van der Waals surface area contributed by atoms with Crippen molar-refractivity contribution >= 4 is 33.2 Å². The zero-order chi connectivity index (χ0) is 14.0. The number of hydrogen-bond donors (Lipinski definition) is 1. The van der Waals surface area contributed by atoms with Gasteiger partial charge in [0.1, 0.15) is 11.6 Å². The minimum absolute atomic E-state index is 0.129. The maximum Gasteiger partial charge on any atom is 0.137 e. The van der Waals surface area contributed by atoms with Crippen LogP contribution in [0.4, 0.5) is 14.5 Å². The van der Waals surface area contributed by atoms with Gasteiger partial charge in [-0.3, -0.25) is 0 Å². The smallest absolute Gasteiger partial charge is 0.137 e. The molecule has 1 atom stereocenters. The molecule has 0 fully saturated rings. The first kappa shape index (κ1) is 14.3. The summed E-state index contributed by atoms with van der Waals surface area (Å²) in [5, 5.41) is 3.54. The Morgan fingerprint density at radius 1 is 1.16 bits per heavy atom. The van der Waals surface area contributed by atoms with E-state index in [-0.39, 0.29) is 17.7 Å². The lowest BCUT2D eigenvalue weighted by atomic mass is 10.1. The van der Waals surface area contributed by atoms with Gasteiger partial charge in [-0.05, 0) is 58.7 Å². The molecule has 0 aliphatic carbocycles. The summed E-state index contributed by atoms with van der Waals surface area (Å²) >= 11 is 9.12. The van der Waals surface area contributed by atoms with E-state index in [9.17, 15) is 8.78 Å². The number of benzene rings is 2. The summed E-state index contributed by atoms with van der Waals surface area (Å²) in [6.07, 6.45) is 0. The highest BCUT2D eigenvalue weighted by molar-refractivity contribution is 9.10. The molecule has 0 saturated heterocycles. The van der Waals surface area contributed by atoms with Crippen LogP contribution in [-0.4, -0.2) is 0 Å². The van der Waals surface area contributed by atoms with Gasteiger partial charge in [0, 0.05) is 6.04 Å². The number of hydrogen-bond acceptors (Lipinski definition) is 1. The van der Waals surface area contributed by atoms with Crippen LogP contribution in [0.1, 0.15) is 18.5 Å². The fourth-order valence-corrected chi connectivity index (χ4v) is 2.28. The molecule has 2 aromatic rings. The van der Waals surface area contributed by atoms with Crippen molar-refractivity contribution in [1.29, 1.82) is 0 Å². The molecule has 1 nitrogen and oxygen atoms in total. The van der Waals surface area contributed by atoms with Crippen molar-refractivity contribution in [2.75, 3.05) is 5.32 Å². The van der Waals surface area contributed by atoms with Gasteiger partial charge in [0.2, 0.25) is 0 Å². The molecule has 0 amide bonds. The highest BCUT2D eigenvalue weighted by Gasteiger charge is 2.10. The topological polar surface area (TPSA) is 12.0 Å². The zero-order valence-corrected chi connectivity index (χ0v) is 12.4. The molecule has 0 bridgehead atoms. The summed E-state index contributed by atoms with van der Waals surface area (Å²) in [5.41, 5.74) is 1.38. The molecule has 0 spiro atoms. The van der Waals surface area contributed by atoms with E-state index >= 15 is 0 Å². The highest BCUT2D eigenvalue weighted by atomic mass is 79.9. The standard InChI is InChI=1S/C14H11BrClF2N/c1-8(9-2-5-13(18)11(15)6-9)19-14-7-10(17)3-4-12(14)16/h2-8,19H,1H3. The highest BCUT2D eigenvalue weighted by Crippen LogP contribution is 2.28. The average molecular weight is 347 g/mol. The van der Waals surface area contributed by atoms with Crippen LogP contribution < -0.4 is 5.32 Å². The SMILES string of the molecule is CC(Nc1cc(F)ccc1Cl)c1ccc(F)c(Br)c1. The molecule has 2 rings (SSSR count). The Bertz CT molecular complexity index is 604. The molecule has 0 aromatic heterocycles. The lowest BCUT2D eigenvalue weighted by Crippen LogP contribution is -2.07. The van der Waals surface area contributed by atoms with Gasteiger partial charge >= 0.3 is 0 Å². The van der Waals surface area contributed by atoms with Crippen LogP contribution in [0.15, 0.2) is 40.9 Å². The first-order chi connectivity index (χ1) is 8.97. The summed E-state index contributed by atoms with van der Waals surface area (Å²) in [7, 11) is 0. The van der Waals surface area contributed by atoms with Crippen LogP contribution in [0, 0.1) is 11.6 Å². The predicted molar refractivity (Wildman–Crippen MR) is 77.5 cm³/mol. The molecule has 0 heterocycles. The third kappa shape index (κ3) is 3.45. The second kappa shape index (κ2) is 5.88. The van der Waals surface area contributed by atoms with Crippen molar-refractivity contribution in [3.8, 4) is 0 Å². The van der Waals surface area contributed by atoms with Crippen molar-refractivity contribution in [3.63, 3.8) is 0 Å². The second-order valence-corrected chi connectivity index (χ2v) is 5.43. The largest absolute Gasteiger partial charge is 0.377 e. The molecule has 0 radical (unpaired) electrons. The Morgan fingerprint density at radius 2 is 1.89 bits per heavy atom. The molecular formula is C14H11BrClF2N. The summed E-state index contributed by atoms with van der Waals surface area (Å²) in [4.78, 5) is 0. The van der Waals surface area contributed by atoms with Gasteiger partial charge in [0.25, 0.3) is 0 Å². The van der Waals surface area contributed by atoms with E-state index in [0.717, 1.165) is 5.56 Å². The molecular weight excluding hydrogens is 336 g/mol. The number of rotatable bonds is 3. The van der Waals surface area contributed by atoms with E-state index in [4.69, 9.17) is 11.6 Å². The Hall–Kier alpha value is -1.13. The monoisotopic (exact) mass is 345 g/mol. The van der Waals surface area contributed by atoms with E-state index in [0.29, 0.717) is 15.2 Å². The molecule has 1 unspecified atom stereocenters. The van der Waals surface area contributed by atoms with E-state index < -0.39 is 0 Å². The Labute approximate surface area is 123 Å². The maximum atomic E-state index is 13.2. The normalized spacial score (nSPS) is 12.3. The number of nitrogens with one attached hydrogen (secondary N) is 1. The number of halogens is 4. The van der Waals surface area contributed by atoms with Crippen LogP contribution in [0.2, 0.25) is 5.02 Å². The summed E-state index contributed by atoms with van der Waals surface area (Å²) in [5.74, 6) is -0.681. The lowest BCUT2D eigenvalue weighted by Gasteiger charge is -2.17. The van der Waals surface area contributed by atoms with Crippen LogP contribution in [0.25, 0.3) is 0 Å². The van der Waals surface area contributed by atoms with Crippen LogP contribution in [0.5, 0.6) is 0 Å². The first-order valence-electron chi connectivity index (χ1n) is 5.64. The summed E-state index contributed by atoms with van der Waals surface area (Å²) in [6, 6.07) is 8.73. The van der Waals surface area contributed by atoms with Gasteiger partial charge in [0.05, 0.1) is 15.2 Å². The molecule has 0 aliphatic heterocycles. The Kier molecular flexibility index (Phi) is 4.42. The summed E-state index contributed by atoms with van der Waals surface area (Å²) < 4.78 is 26.7. The van der Waals surface area contributed by atoms with Crippen molar-refractivity contribution < 1.29 is 8.78 Å². The average Bonchev–Trinajstić information content (AvgIpc) is 2.37. The van der Waals surface area contributed by atoms with Gasteiger partial charge < -0.3 is 5.32 Å². The van der Waals surface area contributed by atoms with Crippen molar-refractivity contribution in [1.82, 2.24) is 0 Å². The molecule has 19 heavy (non-hydrogen) atoms. The molecule has 2 aromatic carbocycles. The fraction of sp³-hybridized carbons (Fsp3) is 0.143. The van der Waals surface area contributed by atoms with Gasteiger partial charge in [-0.15, -0.1) is 0 Å². The van der Waals surface area contributed by atoms with Crippen LogP contribution in [-0.2, 0) is 0 Å². The van der Waals surface area contributed by atoms with Crippen molar-refractivity contribution in [3.05, 3.63) is 63.1 Å². The van der Waals surface area contributed by atoms with Gasteiger partial charge in [0.15, 0.2) is 0 Å². The minimum atomic E-state index is -0.362. The van der Waals surface area contributed by atoms with Gasteiger partial charge in [-0.2, -0.15) is 0 Å². The van der Waals surface area contributed by atoms with Crippen LogP contribution >= 0.6 is 27.5 Å². The molecule has 5 heteroatoms. The third-order valence-corrected chi connectivity index (χ3v) is 3.68. The van der Waals surface area contributed by atoms with Crippen LogP contribution in [0.3, 0.4) is 0 Å². The second-order valence-electron chi connectivity index (χ2n) is 4.16. The van der Waals surface area contributed by atoms with Crippen molar-refractivity contribution in [2.45, 2.75) is 13.0 Å². The first-order valence-corrected chi connectivity index (χ1v) is 6.81. The van der Waals surface area contributed by atoms with E-state index in [1.165, 1.54) is 24.3 Å². The summed E-state index contributed by atoms with van der Waals surface area (Å²) in [6.45, 7) is 1.89. The maximum absolute atomic E-state index is 13.2. The molecule has 0 aliphatic rings. The lowest BCUT2D eigenvalue weighted by molar-refractivity contribution is 0.619. The molecule has 100 valence electrons. The number of anilines is 1. The van der Waals surface area contributed by atoms with E-state index in [2.05, 4.69) is 21.2 Å². The fourth-order valence-electron chi connectivity index (χ4n) is 1.71. The van der Waals surface area contributed by atoms with Gasteiger partial charge in [-0.1, -0.05) is 17.7 Å². The van der Waals surface area contributed by atoms with Gasteiger partial charge in [-0.25, -0.2) is 8.78 Å². The quantitative estimate of drug-likeness (QED) is 0.768. The van der Waals surface area contributed by atoms with E-state index in [1.807, 2.05) is 6.92 Å². The molecule has 0 saturated carbocycles.